The van der Waals surface area contributed by atoms with Crippen molar-refractivity contribution in [1.29, 1.82) is 0 Å². The summed E-state index contributed by atoms with van der Waals surface area (Å²) in [7, 11) is 1.55. The molecule has 5 heteroatoms. The number of hydrogen-bond acceptors (Lipinski definition) is 4. The Morgan fingerprint density at radius 2 is 2.13 bits per heavy atom. The first-order valence-corrected chi connectivity index (χ1v) is 4.51. The zero-order valence-electron chi connectivity index (χ0n) is 8.64. The first kappa shape index (κ1) is 14.0. The average Bonchev–Trinajstić information content (AvgIpc) is 2.17. The van der Waals surface area contributed by atoms with Crippen LogP contribution in [0, 0.1) is 0 Å². The molecule has 86 valence electrons. The molecule has 0 saturated carbocycles. The molecule has 0 saturated heterocycles. The third-order valence-corrected chi connectivity index (χ3v) is 2.09. The first-order valence-electron chi connectivity index (χ1n) is 4.51. The van der Waals surface area contributed by atoms with Crippen LogP contribution in [-0.2, 0) is 0 Å². The van der Waals surface area contributed by atoms with Crippen molar-refractivity contribution in [2.45, 2.75) is 12.5 Å². The van der Waals surface area contributed by atoms with Crippen molar-refractivity contribution in [2.75, 3.05) is 13.7 Å². The monoisotopic (exact) mass is 232 g/mol. The van der Waals surface area contributed by atoms with Gasteiger partial charge in [0.15, 0.2) is 0 Å². The van der Waals surface area contributed by atoms with Crippen LogP contribution < -0.4 is 16.2 Å². The van der Waals surface area contributed by atoms with Crippen LogP contribution in [0.3, 0.4) is 0 Å². The summed E-state index contributed by atoms with van der Waals surface area (Å²) in [6.07, 6.45) is 0.696. The summed E-state index contributed by atoms with van der Waals surface area (Å²) in [5.74, 6) is 0.775. The number of methoxy groups -OCH3 is 1. The van der Waals surface area contributed by atoms with E-state index in [9.17, 15) is 5.11 Å². The summed E-state index contributed by atoms with van der Waals surface area (Å²) >= 11 is 0. The quantitative estimate of drug-likeness (QED) is 0.728. The molecule has 0 aliphatic heterocycles. The van der Waals surface area contributed by atoms with Gasteiger partial charge in [-0.1, -0.05) is 6.07 Å². The van der Waals surface area contributed by atoms with Crippen LogP contribution in [0.15, 0.2) is 18.2 Å². The fourth-order valence-corrected chi connectivity index (χ4v) is 1.34. The Morgan fingerprint density at radius 1 is 1.47 bits per heavy atom. The van der Waals surface area contributed by atoms with Gasteiger partial charge in [0.2, 0.25) is 0 Å². The minimum absolute atomic E-state index is 0. The summed E-state index contributed by atoms with van der Waals surface area (Å²) < 4.78 is 5.11. The summed E-state index contributed by atoms with van der Waals surface area (Å²) in [6, 6.07) is 4.75. The number of hydrogen-bond donors (Lipinski definition) is 3. The molecule has 15 heavy (non-hydrogen) atoms. The highest BCUT2D eigenvalue weighted by molar-refractivity contribution is 5.85. The van der Waals surface area contributed by atoms with E-state index in [1.807, 2.05) is 0 Å². The van der Waals surface area contributed by atoms with Crippen LogP contribution in [0.5, 0.6) is 11.5 Å². The van der Waals surface area contributed by atoms with E-state index in [0.29, 0.717) is 18.7 Å². The van der Waals surface area contributed by atoms with Crippen LogP contribution in [0.1, 0.15) is 18.0 Å². The Kier molecular flexibility index (Phi) is 6.08. The predicted octanol–water partition coefficient (Wildman–Crippen LogP) is 1.17. The molecule has 0 spiro atoms. The molecule has 1 aromatic carbocycles. The maximum atomic E-state index is 9.23. The number of halogens is 1. The van der Waals surface area contributed by atoms with E-state index in [4.69, 9.17) is 16.2 Å². The van der Waals surface area contributed by atoms with Crippen LogP contribution in [0.25, 0.3) is 0 Å². The SMILES string of the molecule is COc1cc(O)ccc1[C@H](N)CCN.Cl. The van der Waals surface area contributed by atoms with Gasteiger partial charge in [-0.25, -0.2) is 0 Å². The third-order valence-electron chi connectivity index (χ3n) is 2.09. The standard InChI is InChI=1S/C10H16N2O2.ClH/c1-14-10-6-7(13)2-3-8(10)9(12)4-5-11;/h2-3,6,9,13H,4-5,11-12H2,1H3;1H/t9-;/m1./s1. The van der Waals surface area contributed by atoms with E-state index < -0.39 is 0 Å². The van der Waals surface area contributed by atoms with Crippen LogP contribution in [0.2, 0.25) is 0 Å². The van der Waals surface area contributed by atoms with E-state index in [2.05, 4.69) is 0 Å². The van der Waals surface area contributed by atoms with E-state index in [1.165, 1.54) is 0 Å². The molecule has 0 bridgehead atoms. The van der Waals surface area contributed by atoms with E-state index >= 15 is 0 Å². The molecule has 1 aromatic rings. The fourth-order valence-electron chi connectivity index (χ4n) is 1.34. The molecule has 0 fully saturated rings. The molecule has 4 nitrogen and oxygen atoms in total. The Hall–Kier alpha value is -0.970. The van der Waals surface area contributed by atoms with Gasteiger partial charge in [-0.15, -0.1) is 12.4 Å². The van der Waals surface area contributed by atoms with Gasteiger partial charge in [-0.3, -0.25) is 0 Å². The van der Waals surface area contributed by atoms with E-state index in [-0.39, 0.29) is 24.2 Å². The van der Waals surface area contributed by atoms with Gasteiger partial charge in [0.05, 0.1) is 7.11 Å². The van der Waals surface area contributed by atoms with Crippen molar-refractivity contribution in [3.8, 4) is 11.5 Å². The van der Waals surface area contributed by atoms with Crippen LogP contribution >= 0.6 is 12.4 Å². The second kappa shape index (κ2) is 6.50. The van der Waals surface area contributed by atoms with Gasteiger partial charge in [0.25, 0.3) is 0 Å². The van der Waals surface area contributed by atoms with Crippen LogP contribution in [-0.4, -0.2) is 18.8 Å². The largest absolute Gasteiger partial charge is 0.508 e. The molecule has 0 aromatic heterocycles. The summed E-state index contributed by atoms with van der Waals surface area (Å²) in [5, 5.41) is 9.23. The second-order valence-electron chi connectivity index (χ2n) is 3.11. The van der Waals surface area contributed by atoms with Crippen molar-refractivity contribution >= 4 is 12.4 Å². The van der Waals surface area contributed by atoms with Gasteiger partial charge in [0, 0.05) is 17.7 Å². The maximum Gasteiger partial charge on any atom is 0.127 e. The summed E-state index contributed by atoms with van der Waals surface area (Å²) in [4.78, 5) is 0. The van der Waals surface area contributed by atoms with Gasteiger partial charge >= 0.3 is 0 Å². The molecular weight excluding hydrogens is 216 g/mol. The van der Waals surface area contributed by atoms with Crippen molar-refractivity contribution in [3.05, 3.63) is 23.8 Å². The Morgan fingerprint density at radius 3 is 2.67 bits per heavy atom. The minimum atomic E-state index is -0.143. The topological polar surface area (TPSA) is 81.5 Å². The lowest BCUT2D eigenvalue weighted by molar-refractivity contribution is 0.398. The van der Waals surface area contributed by atoms with Crippen molar-refractivity contribution in [1.82, 2.24) is 0 Å². The number of phenolic OH excluding ortho intramolecular Hbond substituents is 1. The molecule has 1 rings (SSSR count). The lowest BCUT2D eigenvalue weighted by Crippen LogP contribution is -2.16. The molecule has 0 aliphatic rings. The highest BCUT2D eigenvalue weighted by Gasteiger charge is 2.11. The van der Waals surface area contributed by atoms with E-state index in [0.717, 1.165) is 5.56 Å². The number of rotatable bonds is 4. The fraction of sp³-hybridized carbons (Fsp3) is 0.400. The molecule has 0 amide bonds. The molecule has 5 N–H and O–H groups in total. The predicted molar refractivity (Wildman–Crippen MR) is 62.5 cm³/mol. The number of nitrogens with two attached hydrogens (primary N) is 2. The van der Waals surface area contributed by atoms with Gasteiger partial charge in [-0.2, -0.15) is 0 Å². The summed E-state index contributed by atoms with van der Waals surface area (Å²) in [5.41, 5.74) is 12.2. The zero-order valence-corrected chi connectivity index (χ0v) is 9.46. The number of phenols is 1. The van der Waals surface area contributed by atoms with E-state index in [1.54, 1.807) is 25.3 Å². The molecular formula is C10H17ClN2O2. The number of ether oxygens (including phenoxy) is 1. The number of benzene rings is 1. The minimum Gasteiger partial charge on any atom is -0.508 e. The molecule has 0 heterocycles. The lowest BCUT2D eigenvalue weighted by Gasteiger charge is -2.14. The molecule has 0 radical (unpaired) electrons. The lowest BCUT2D eigenvalue weighted by atomic mass is 10.0. The molecule has 1 atom stereocenters. The Bertz CT molecular complexity index is 307. The van der Waals surface area contributed by atoms with Gasteiger partial charge in [-0.05, 0) is 19.0 Å². The second-order valence-corrected chi connectivity index (χ2v) is 3.11. The number of aromatic hydroxyl groups is 1. The highest BCUT2D eigenvalue weighted by Crippen LogP contribution is 2.28. The normalized spacial score (nSPS) is 11.7. The zero-order chi connectivity index (χ0) is 10.6. The van der Waals surface area contributed by atoms with Crippen LogP contribution in [0.4, 0.5) is 0 Å². The van der Waals surface area contributed by atoms with Gasteiger partial charge < -0.3 is 21.3 Å². The Balaban J connectivity index is 0.00000196. The van der Waals surface area contributed by atoms with Crippen molar-refractivity contribution in [3.63, 3.8) is 0 Å². The summed E-state index contributed by atoms with van der Waals surface area (Å²) in [6.45, 7) is 0.533. The van der Waals surface area contributed by atoms with Crippen molar-refractivity contribution < 1.29 is 9.84 Å². The molecule has 0 unspecified atom stereocenters. The smallest absolute Gasteiger partial charge is 0.127 e. The van der Waals surface area contributed by atoms with Crippen molar-refractivity contribution in [2.24, 2.45) is 11.5 Å². The average molecular weight is 233 g/mol. The molecule has 0 aliphatic carbocycles. The maximum absolute atomic E-state index is 9.23. The first-order chi connectivity index (χ1) is 6.69. The highest BCUT2D eigenvalue weighted by atomic mass is 35.5. The Labute approximate surface area is 95.6 Å². The van der Waals surface area contributed by atoms with Gasteiger partial charge in [0.1, 0.15) is 11.5 Å². The third kappa shape index (κ3) is 3.58.